The predicted molar refractivity (Wildman–Crippen MR) is 54.9 cm³/mol. The molecule has 0 aliphatic rings. The molecule has 0 aliphatic heterocycles. The van der Waals surface area contributed by atoms with Gasteiger partial charge in [-0.15, -0.1) is 0 Å². The molecular weight excluding hydrogens is 200 g/mol. The van der Waals surface area contributed by atoms with Crippen molar-refractivity contribution in [3.05, 3.63) is 35.9 Å². The molecule has 4 nitrogen and oxygen atoms in total. The summed E-state index contributed by atoms with van der Waals surface area (Å²) in [7, 11) is -3.36. The highest BCUT2D eigenvalue weighted by molar-refractivity contribution is 7.89. The second kappa shape index (κ2) is 4.69. The molecule has 0 bridgehead atoms. The first-order valence-corrected chi connectivity index (χ1v) is 5.80. The first-order valence-electron chi connectivity index (χ1n) is 3.95. The van der Waals surface area contributed by atoms with Gasteiger partial charge in [-0.2, -0.15) is 0 Å². The molecule has 1 aromatic carbocycles. The maximum Gasteiger partial charge on any atom is 0.259 e. The second-order valence-electron chi connectivity index (χ2n) is 2.73. The van der Waals surface area contributed by atoms with E-state index in [0.29, 0.717) is 6.54 Å². The van der Waals surface area contributed by atoms with Crippen molar-refractivity contribution >= 4 is 16.0 Å². The van der Waals surface area contributed by atoms with E-state index >= 15 is 0 Å². The molecule has 0 saturated carbocycles. The van der Waals surface area contributed by atoms with Crippen molar-refractivity contribution in [2.75, 3.05) is 6.26 Å². The van der Waals surface area contributed by atoms with Gasteiger partial charge in [0.1, 0.15) is 6.01 Å². The number of nitrogens with zero attached hydrogens (tertiary/aromatic N) is 2. The number of sulfonamides is 1. The average Bonchev–Trinajstić information content (AvgIpc) is 2.13. The van der Waals surface area contributed by atoms with Crippen LogP contribution in [0.1, 0.15) is 5.56 Å². The largest absolute Gasteiger partial charge is 0.259 e. The maximum atomic E-state index is 10.6. The van der Waals surface area contributed by atoms with Crippen LogP contribution >= 0.6 is 0 Å². The smallest absolute Gasteiger partial charge is 0.220 e. The molecule has 0 heterocycles. The van der Waals surface area contributed by atoms with Gasteiger partial charge in [0.15, 0.2) is 0 Å². The molecule has 0 spiro atoms. The number of rotatable bonds is 3. The van der Waals surface area contributed by atoms with Crippen molar-refractivity contribution in [2.45, 2.75) is 6.54 Å². The predicted octanol–water partition coefficient (Wildman–Crippen LogP) is 1.32. The quantitative estimate of drug-likeness (QED) is 0.706. The van der Waals surface area contributed by atoms with Crippen molar-refractivity contribution in [3.8, 4) is 0 Å². The lowest BCUT2D eigenvalue weighted by molar-refractivity contribution is 0.604. The standard InChI is InChI=1S/C9H10N2O2S/c1-14(12,13)11-8-10-7-9-5-3-2-4-6-9/h2-6H,7H2,1H3. The van der Waals surface area contributed by atoms with E-state index in [0.717, 1.165) is 11.8 Å². The minimum absolute atomic E-state index is 0.389. The fourth-order valence-electron chi connectivity index (χ4n) is 0.813. The molecule has 0 atom stereocenters. The fourth-order valence-corrected chi connectivity index (χ4v) is 1.02. The number of hydrogen-bond acceptors (Lipinski definition) is 3. The van der Waals surface area contributed by atoms with Crippen LogP contribution in [-0.4, -0.2) is 20.7 Å². The Morgan fingerprint density at radius 3 is 2.50 bits per heavy atom. The van der Waals surface area contributed by atoms with E-state index in [2.05, 4.69) is 15.4 Å². The normalized spacial score (nSPS) is 10.4. The highest BCUT2D eigenvalue weighted by Crippen LogP contribution is 1.98. The Labute approximate surface area is 83.1 Å². The highest BCUT2D eigenvalue weighted by atomic mass is 32.2. The molecule has 0 aromatic heterocycles. The molecule has 0 radical (unpaired) electrons. The van der Waals surface area contributed by atoms with Gasteiger partial charge in [0.2, 0.25) is 0 Å². The SMILES string of the molecule is CS(=O)(=O)N=C=NCc1ccccc1. The first kappa shape index (κ1) is 10.6. The zero-order valence-corrected chi connectivity index (χ0v) is 8.53. The van der Waals surface area contributed by atoms with E-state index in [-0.39, 0.29) is 0 Å². The summed E-state index contributed by atoms with van der Waals surface area (Å²) in [6.07, 6.45) is 0.998. The molecule has 0 aliphatic carbocycles. The topological polar surface area (TPSA) is 58.9 Å². The van der Waals surface area contributed by atoms with Gasteiger partial charge >= 0.3 is 0 Å². The lowest BCUT2D eigenvalue weighted by Gasteiger charge is -1.90. The van der Waals surface area contributed by atoms with Gasteiger partial charge in [0, 0.05) is 0 Å². The van der Waals surface area contributed by atoms with Crippen LogP contribution in [0, 0.1) is 0 Å². The molecule has 0 N–H and O–H groups in total. The van der Waals surface area contributed by atoms with Crippen LogP contribution in [-0.2, 0) is 16.6 Å². The summed E-state index contributed by atoms with van der Waals surface area (Å²) in [5.74, 6) is 0. The molecular formula is C9H10N2O2S. The Balaban J connectivity index is 2.62. The van der Waals surface area contributed by atoms with Crippen LogP contribution in [0.5, 0.6) is 0 Å². The second-order valence-corrected chi connectivity index (χ2v) is 4.37. The van der Waals surface area contributed by atoms with Crippen LogP contribution in [0.15, 0.2) is 39.7 Å². The summed E-state index contributed by atoms with van der Waals surface area (Å²) in [6.45, 7) is 0.389. The highest BCUT2D eigenvalue weighted by Gasteiger charge is 1.91. The van der Waals surface area contributed by atoms with Gasteiger partial charge in [0.05, 0.1) is 12.8 Å². The number of aliphatic imine (C=N–C) groups is 1. The number of benzene rings is 1. The first-order chi connectivity index (χ1) is 6.58. The molecule has 14 heavy (non-hydrogen) atoms. The van der Waals surface area contributed by atoms with Crippen LogP contribution in [0.4, 0.5) is 0 Å². The fraction of sp³-hybridized carbons (Fsp3) is 0.222. The summed E-state index contributed by atoms with van der Waals surface area (Å²) in [6, 6.07) is 11.6. The van der Waals surface area contributed by atoms with Crippen molar-refractivity contribution < 1.29 is 8.42 Å². The lowest BCUT2D eigenvalue weighted by Crippen LogP contribution is -1.87. The lowest BCUT2D eigenvalue weighted by atomic mass is 10.2. The molecule has 0 saturated heterocycles. The van der Waals surface area contributed by atoms with Crippen LogP contribution in [0.25, 0.3) is 0 Å². The third-order valence-electron chi connectivity index (χ3n) is 1.38. The third-order valence-corrected chi connectivity index (χ3v) is 1.80. The minimum atomic E-state index is -3.36. The van der Waals surface area contributed by atoms with Crippen molar-refractivity contribution in [2.24, 2.45) is 9.39 Å². The Morgan fingerprint density at radius 2 is 1.93 bits per heavy atom. The Morgan fingerprint density at radius 1 is 1.29 bits per heavy atom. The van der Waals surface area contributed by atoms with E-state index in [1.165, 1.54) is 0 Å². The van der Waals surface area contributed by atoms with Crippen molar-refractivity contribution in [1.29, 1.82) is 0 Å². The summed E-state index contributed by atoms with van der Waals surface area (Å²) >= 11 is 0. The summed E-state index contributed by atoms with van der Waals surface area (Å²) in [4.78, 5) is 3.73. The van der Waals surface area contributed by atoms with Gasteiger partial charge in [-0.25, -0.2) is 13.4 Å². The van der Waals surface area contributed by atoms with Gasteiger partial charge in [0.25, 0.3) is 10.0 Å². The van der Waals surface area contributed by atoms with Crippen molar-refractivity contribution in [3.63, 3.8) is 0 Å². The zero-order valence-electron chi connectivity index (χ0n) is 7.71. The van der Waals surface area contributed by atoms with Crippen LogP contribution in [0.3, 0.4) is 0 Å². The third kappa shape index (κ3) is 4.54. The van der Waals surface area contributed by atoms with Crippen molar-refractivity contribution in [1.82, 2.24) is 0 Å². The Kier molecular flexibility index (Phi) is 3.56. The molecule has 1 rings (SSSR count). The van der Waals surface area contributed by atoms with Crippen LogP contribution in [0.2, 0.25) is 0 Å². The molecule has 0 amide bonds. The Hall–Kier alpha value is -1.45. The Bertz CT molecular complexity index is 445. The monoisotopic (exact) mass is 210 g/mol. The summed E-state index contributed by atoms with van der Waals surface area (Å²) in [5, 5.41) is 0. The average molecular weight is 210 g/mol. The van der Waals surface area contributed by atoms with E-state index in [9.17, 15) is 8.42 Å². The van der Waals surface area contributed by atoms with E-state index in [1.54, 1.807) is 0 Å². The molecule has 0 fully saturated rings. The van der Waals surface area contributed by atoms with Gasteiger partial charge in [-0.05, 0) is 5.56 Å². The summed E-state index contributed by atoms with van der Waals surface area (Å²) < 4.78 is 24.2. The van der Waals surface area contributed by atoms with Crippen LogP contribution < -0.4 is 0 Å². The van der Waals surface area contributed by atoms with Gasteiger partial charge in [-0.1, -0.05) is 34.7 Å². The van der Waals surface area contributed by atoms with Gasteiger partial charge < -0.3 is 0 Å². The molecule has 0 unspecified atom stereocenters. The number of hydrogen-bond donors (Lipinski definition) is 0. The zero-order chi connectivity index (χ0) is 10.4. The maximum absolute atomic E-state index is 10.6. The van der Waals surface area contributed by atoms with E-state index < -0.39 is 10.0 Å². The molecule has 1 aromatic rings. The van der Waals surface area contributed by atoms with E-state index in [1.807, 2.05) is 30.3 Å². The van der Waals surface area contributed by atoms with Gasteiger partial charge in [-0.3, -0.25) is 0 Å². The minimum Gasteiger partial charge on any atom is -0.220 e. The molecule has 5 heteroatoms. The molecule has 74 valence electrons. The summed E-state index contributed by atoms with van der Waals surface area (Å²) in [5.41, 5.74) is 0.990. The van der Waals surface area contributed by atoms with E-state index in [4.69, 9.17) is 0 Å².